The van der Waals surface area contributed by atoms with E-state index in [1.165, 1.54) is 0 Å². The molecular weight excluding hydrogens is 374 g/mol. The molecule has 1 aliphatic carbocycles. The number of alkyl carbamates (subject to hydrolysis) is 1. The van der Waals surface area contributed by atoms with Crippen molar-refractivity contribution >= 4 is 20.4 Å². The van der Waals surface area contributed by atoms with Gasteiger partial charge in [-0.15, -0.1) is 0 Å². The summed E-state index contributed by atoms with van der Waals surface area (Å²) >= 11 is 0. The van der Waals surface area contributed by atoms with Crippen molar-refractivity contribution in [3.63, 3.8) is 0 Å². The van der Waals surface area contributed by atoms with E-state index in [4.69, 9.17) is 13.9 Å². The molecule has 28 heavy (non-hydrogen) atoms. The predicted octanol–water partition coefficient (Wildman–Crippen LogP) is 4.88. The Bertz CT molecular complexity index is 597. The SMILES string of the molecule is CC1[C@H](CO[Si](C)(C)C(C)(C)C)[C@@]1(NC(=O)OC(C)(C)C)C(=O)OC(C)(C)C. The van der Waals surface area contributed by atoms with Gasteiger partial charge in [-0.05, 0) is 65.6 Å². The molecular formula is C21H41NO5Si. The minimum atomic E-state index is -1.98. The molecule has 164 valence electrons. The summed E-state index contributed by atoms with van der Waals surface area (Å²) in [4.78, 5) is 25.5. The lowest BCUT2D eigenvalue weighted by Gasteiger charge is -2.36. The molecule has 0 bridgehead atoms. The van der Waals surface area contributed by atoms with Crippen LogP contribution in [0.25, 0.3) is 0 Å². The fourth-order valence-corrected chi connectivity index (χ4v) is 3.90. The van der Waals surface area contributed by atoms with E-state index in [9.17, 15) is 9.59 Å². The molecule has 1 rings (SSSR count). The average Bonchev–Trinajstić information content (AvgIpc) is 2.95. The number of hydrogen-bond acceptors (Lipinski definition) is 5. The normalized spacial score (nSPS) is 25.9. The molecule has 0 heterocycles. The van der Waals surface area contributed by atoms with Crippen LogP contribution in [0.15, 0.2) is 0 Å². The Labute approximate surface area is 172 Å². The number of rotatable bonds is 5. The Kier molecular flexibility index (Phi) is 6.80. The topological polar surface area (TPSA) is 73.9 Å². The maximum Gasteiger partial charge on any atom is 0.408 e. The molecule has 6 nitrogen and oxygen atoms in total. The second kappa shape index (κ2) is 7.63. The van der Waals surface area contributed by atoms with Crippen LogP contribution >= 0.6 is 0 Å². The van der Waals surface area contributed by atoms with E-state index in [-0.39, 0.29) is 16.9 Å². The standard InChI is InChI=1S/C21H41NO5Si/c1-14-15(13-25-28(11,12)20(8,9)10)21(14,16(23)26-18(2,3)4)22-17(24)27-19(5,6)7/h14-15H,13H2,1-12H3,(H,22,24)/t14?,15-,21+/m0/s1. The van der Waals surface area contributed by atoms with E-state index >= 15 is 0 Å². The van der Waals surface area contributed by atoms with Gasteiger partial charge in [-0.1, -0.05) is 27.7 Å². The Morgan fingerprint density at radius 2 is 1.39 bits per heavy atom. The van der Waals surface area contributed by atoms with Gasteiger partial charge in [0.05, 0.1) is 0 Å². The minimum absolute atomic E-state index is 0.0678. The van der Waals surface area contributed by atoms with Crippen molar-refractivity contribution < 1.29 is 23.5 Å². The van der Waals surface area contributed by atoms with E-state index in [1.807, 2.05) is 27.7 Å². The summed E-state index contributed by atoms with van der Waals surface area (Å²) in [5, 5.41) is 2.89. The largest absolute Gasteiger partial charge is 0.458 e. The molecule has 0 saturated heterocycles. The van der Waals surface area contributed by atoms with Crippen molar-refractivity contribution in [2.24, 2.45) is 11.8 Å². The first-order chi connectivity index (χ1) is 12.2. The number of amides is 1. The van der Waals surface area contributed by atoms with Gasteiger partial charge in [0.15, 0.2) is 8.32 Å². The number of carbonyl (C=O) groups excluding carboxylic acids is 2. The molecule has 1 unspecified atom stereocenters. The van der Waals surface area contributed by atoms with Crippen LogP contribution in [0.5, 0.6) is 0 Å². The number of ether oxygens (including phenoxy) is 2. The van der Waals surface area contributed by atoms with Gasteiger partial charge in [0, 0.05) is 12.5 Å². The molecule has 1 N–H and O–H groups in total. The van der Waals surface area contributed by atoms with Crippen molar-refractivity contribution in [1.29, 1.82) is 0 Å². The van der Waals surface area contributed by atoms with E-state index in [1.54, 1.807) is 20.8 Å². The van der Waals surface area contributed by atoms with Crippen molar-refractivity contribution in [2.45, 2.75) is 104 Å². The van der Waals surface area contributed by atoms with Crippen molar-refractivity contribution in [3.8, 4) is 0 Å². The molecule has 1 aliphatic rings. The fourth-order valence-electron chi connectivity index (χ4n) is 2.87. The molecule has 3 atom stereocenters. The molecule has 0 aromatic heterocycles. The highest BCUT2D eigenvalue weighted by Crippen LogP contribution is 2.53. The Morgan fingerprint density at radius 1 is 0.929 bits per heavy atom. The molecule has 0 aliphatic heterocycles. The van der Waals surface area contributed by atoms with E-state index in [0.717, 1.165) is 0 Å². The highest BCUT2D eigenvalue weighted by Gasteiger charge is 2.70. The summed E-state index contributed by atoms with van der Waals surface area (Å²) in [5.74, 6) is -0.675. The van der Waals surface area contributed by atoms with Crippen LogP contribution in [-0.2, 0) is 18.7 Å². The summed E-state index contributed by atoms with van der Waals surface area (Å²) in [6.07, 6.45) is -0.611. The van der Waals surface area contributed by atoms with E-state index in [2.05, 4.69) is 39.2 Å². The van der Waals surface area contributed by atoms with Crippen molar-refractivity contribution in [2.75, 3.05) is 6.61 Å². The lowest BCUT2D eigenvalue weighted by Crippen LogP contribution is -2.51. The van der Waals surface area contributed by atoms with Crippen LogP contribution in [0.4, 0.5) is 4.79 Å². The fraction of sp³-hybridized carbons (Fsp3) is 0.905. The molecule has 1 fully saturated rings. The highest BCUT2D eigenvalue weighted by molar-refractivity contribution is 6.74. The maximum atomic E-state index is 13.0. The number of esters is 1. The molecule has 1 amide bonds. The van der Waals surface area contributed by atoms with Gasteiger partial charge in [0.1, 0.15) is 16.7 Å². The predicted molar refractivity (Wildman–Crippen MR) is 114 cm³/mol. The van der Waals surface area contributed by atoms with Crippen LogP contribution in [-0.4, -0.2) is 43.7 Å². The molecule has 7 heteroatoms. The summed E-state index contributed by atoms with van der Waals surface area (Å²) in [6.45, 7) is 24.1. The zero-order valence-electron chi connectivity index (χ0n) is 19.9. The maximum absolute atomic E-state index is 13.0. The van der Waals surface area contributed by atoms with Gasteiger partial charge in [-0.2, -0.15) is 0 Å². The Balaban J connectivity index is 3.03. The third-order valence-corrected chi connectivity index (χ3v) is 10.2. The lowest BCUT2D eigenvalue weighted by molar-refractivity contribution is -0.160. The summed E-state index contributed by atoms with van der Waals surface area (Å²) in [5.41, 5.74) is -2.41. The highest BCUT2D eigenvalue weighted by atomic mass is 28.4. The smallest absolute Gasteiger partial charge is 0.408 e. The summed E-state index contributed by atoms with van der Waals surface area (Å²) in [7, 11) is -1.98. The van der Waals surface area contributed by atoms with Crippen LogP contribution in [0.3, 0.4) is 0 Å². The summed E-state index contributed by atoms with van der Waals surface area (Å²) < 4.78 is 17.4. The van der Waals surface area contributed by atoms with Gasteiger partial charge >= 0.3 is 12.1 Å². The van der Waals surface area contributed by atoms with Gasteiger partial charge in [0.2, 0.25) is 0 Å². The average molecular weight is 416 g/mol. The summed E-state index contributed by atoms with van der Waals surface area (Å²) in [6, 6.07) is 0. The first-order valence-corrected chi connectivity index (χ1v) is 13.0. The first kappa shape index (κ1) is 25.0. The van der Waals surface area contributed by atoms with E-state index in [0.29, 0.717) is 6.61 Å². The zero-order chi connectivity index (χ0) is 22.3. The van der Waals surface area contributed by atoms with E-state index < -0.39 is 37.1 Å². The second-order valence-electron chi connectivity index (χ2n) is 11.5. The minimum Gasteiger partial charge on any atom is -0.458 e. The van der Waals surface area contributed by atoms with Crippen LogP contribution in [0.1, 0.15) is 69.2 Å². The molecule has 0 aromatic rings. The van der Waals surface area contributed by atoms with Gasteiger partial charge in [0.25, 0.3) is 0 Å². The first-order valence-electron chi connectivity index (χ1n) is 10.1. The van der Waals surface area contributed by atoms with Crippen molar-refractivity contribution in [1.82, 2.24) is 5.32 Å². The monoisotopic (exact) mass is 415 g/mol. The lowest BCUT2D eigenvalue weighted by atomic mass is 10.1. The van der Waals surface area contributed by atoms with Crippen LogP contribution < -0.4 is 5.32 Å². The van der Waals surface area contributed by atoms with Crippen molar-refractivity contribution in [3.05, 3.63) is 0 Å². The third kappa shape index (κ3) is 5.96. The van der Waals surface area contributed by atoms with Crippen LogP contribution in [0, 0.1) is 11.8 Å². The number of carbonyl (C=O) groups is 2. The number of hydrogen-bond donors (Lipinski definition) is 1. The quantitative estimate of drug-likeness (QED) is 0.512. The Morgan fingerprint density at radius 3 is 1.79 bits per heavy atom. The molecule has 1 saturated carbocycles. The van der Waals surface area contributed by atoms with Gasteiger partial charge in [-0.3, -0.25) is 0 Å². The van der Waals surface area contributed by atoms with Gasteiger partial charge < -0.3 is 19.2 Å². The third-order valence-electron chi connectivity index (χ3n) is 5.67. The van der Waals surface area contributed by atoms with Crippen LogP contribution in [0.2, 0.25) is 18.1 Å². The molecule has 0 radical (unpaired) electrons. The zero-order valence-corrected chi connectivity index (χ0v) is 20.9. The second-order valence-corrected chi connectivity index (χ2v) is 16.3. The molecule has 0 spiro atoms. The van der Waals surface area contributed by atoms with Gasteiger partial charge in [-0.25, -0.2) is 9.59 Å². The molecule has 0 aromatic carbocycles. The number of nitrogens with one attached hydrogen (secondary N) is 1. The Hall–Kier alpha value is -1.08.